The lowest BCUT2D eigenvalue weighted by Gasteiger charge is -2.26. The zero-order valence-corrected chi connectivity index (χ0v) is 17.5. The molecule has 1 saturated heterocycles. The van der Waals surface area contributed by atoms with Crippen LogP contribution in [0.25, 0.3) is 22.2 Å². The van der Waals surface area contributed by atoms with E-state index >= 15 is 0 Å². The normalized spacial score (nSPS) is 16.7. The maximum Gasteiger partial charge on any atom is 0.162 e. The summed E-state index contributed by atoms with van der Waals surface area (Å²) in [6.07, 6.45) is 4.60. The average molecular weight is 404 g/mol. The number of aromatic nitrogens is 3. The van der Waals surface area contributed by atoms with E-state index in [1.54, 1.807) is 0 Å². The molecule has 0 saturated carbocycles. The van der Waals surface area contributed by atoms with E-state index in [-0.39, 0.29) is 0 Å². The zero-order chi connectivity index (χ0) is 20.5. The highest BCUT2D eigenvalue weighted by atomic mass is 16.5. The molecule has 30 heavy (non-hydrogen) atoms. The summed E-state index contributed by atoms with van der Waals surface area (Å²) in [6.45, 7) is 7.36. The van der Waals surface area contributed by atoms with Crippen LogP contribution in [-0.2, 0) is 11.8 Å². The van der Waals surface area contributed by atoms with Gasteiger partial charge in [0.15, 0.2) is 5.82 Å². The van der Waals surface area contributed by atoms with Gasteiger partial charge in [0.05, 0.1) is 36.2 Å². The van der Waals surface area contributed by atoms with Crippen LogP contribution in [0.2, 0.25) is 0 Å². The minimum absolute atomic E-state index is 0.681. The van der Waals surface area contributed by atoms with E-state index in [4.69, 9.17) is 14.8 Å². The van der Waals surface area contributed by atoms with E-state index in [2.05, 4.69) is 34.0 Å². The number of rotatable bonds is 6. The summed E-state index contributed by atoms with van der Waals surface area (Å²) in [7, 11) is 1.97. The Morgan fingerprint density at radius 3 is 2.67 bits per heavy atom. The fourth-order valence-corrected chi connectivity index (χ4v) is 4.22. The molecule has 0 atom stereocenters. The second-order valence-corrected chi connectivity index (χ2v) is 7.65. The first-order chi connectivity index (χ1) is 14.7. The van der Waals surface area contributed by atoms with Crippen LogP contribution in [-0.4, -0.2) is 59.1 Å². The third kappa shape index (κ3) is 3.44. The summed E-state index contributed by atoms with van der Waals surface area (Å²) in [6, 6.07) is 8.23. The third-order valence-corrected chi connectivity index (χ3v) is 5.82. The highest BCUT2D eigenvalue weighted by Gasteiger charge is 2.27. The molecule has 1 radical (unpaired) electrons. The number of fused-ring (bicyclic) bond motifs is 3. The maximum atomic E-state index is 5.95. The minimum Gasteiger partial charge on any atom is -0.492 e. The number of ether oxygens (including phenoxy) is 2. The molecule has 0 bridgehead atoms. The van der Waals surface area contributed by atoms with Gasteiger partial charge in [0.1, 0.15) is 12.4 Å². The van der Waals surface area contributed by atoms with E-state index in [1.165, 1.54) is 5.57 Å². The summed E-state index contributed by atoms with van der Waals surface area (Å²) >= 11 is 0. The number of benzene rings is 1. The highest BCUT2D eigenvalue weighted by Crippen LogP contribution is 2.43. The molecule has 155 valence electrons. The summed E-state index contributed by atoms with van der Waals surface area (Å²) in [5, 5.41) is 10.3. The van der Waals surface area contributed by atoms with Crippen LogP contribution >= 0.6 is 0 Å². The van der Waals surface area contributed by atoms with Crippen LogP contribution < -0.4 is 10.1 Å². The molecule has 7 nitrogen and oxygen atoms in total. The first-order valence-electron chi connectivity index (χ1n) is 10.5. The molecule has 2 aliphatic rings. The molecular formula is C23H26N5O2. The Labute approximate surface area is 176 Å². The topological polar surface area (TPSA) is 66.5 Å². The number of hydrogen-bond donors (Lipinski definition) is 0. The standard InChI is InChI=1S/C23H26N5O2/c1-3-19-20-22-17(15-25-27(22)2)14-24-23(20)26-21(19)16-4-6-18(7-5-16)30-13-10-28-8-11-29-12-9-28/h4-7,14-15H,3,8-13H2,1-2H3. The monoisotopic (exact) mass is 404 g/mol. The smallest absolute Gasteiger partial charge is 0.162 e. The molecular weight excluding hydrogens is 378 g/mol. The van der Waals surface area contributed by atoms with Crippen molar-refractivity contribution in [1.29, 1.82) is 0 Å². The second kappa shape index (κ2) is 8.08. The van der Waals surface area contributed by atoms with Crippen molar-refractivity contribution in [1.82, 2.24) is 25.0 Å². The van der Waals surface area contributed by atoms with Gasteiger partial charge in [0.2, 0.25) is 0 Å². The van der Waals surface area contributed by atoms with Gasteiger partial charge in [-0.05, 0) is 36.3 Å². The van der Waals surface area contributed by atoms with Crippen LogP contribution in [0.15, 0.2) is 36.7 Å². The molecule has 1 fully saturated rings. The van der Waals surface area contributed by atoms with Crippen LogP contribution in [0.5, 0.6) is 5.75 Å². The van der Waals surface area contributed by atoms with E-state index in [0.29, 0.717) is 6.61 Å². The van der Waals surface area contributed by atoms with Crippen molar-refractivity contribution in [3.05, 3.63) is 47.8 Å². The summed E-state index contributed by atoms with van der Waals surface area (Å²) in [4.78, 5) is 6.95. The van der Waals surface area contributed by atoms with Crippen molar-refractivity contribution < 1.29 is 9.47 Å². The van der Waals surface area contributed by atoms with Gasteiger partial charge in [-0.3, -0.25) is 9.58 Å². The van der Waals surface area contributed by atoms with Crippen LogP contribution in [0, 0.1) is 0 Å². The fraction of sp³-hybridized carbons (Fsp3) is 0.391. The average Bonchev–Trinajstić information content (AvgIpc) is 3.35. The number of morpholine rings is 1. The zero-order valence-electron chi connectivity index (χ0n) is 17.5. The summed E-state index contributed by atoms with van der Waals surface area (Å²) in [5.41, 5.74) is 5.50. The van der Waals surface area contributed by atoms with Gasteiger partial charge in [0.25, 0.3) is 0 Å². The number of aryl methyl sites for hydroxylation is 1. The molecule has 0 N–H and O–H groups in total. The SMILES string of the molecule is CCC1=C(c2ccc(OCCN3CCOCC3)cc2)[N]c2ncc3cnn(C)c3c21. The van der Waals surface area contributed by atoms with E-state index in [9.17, 15) is 0 Å². The molecule has 2 aliphatic heterocycles. The van der Waals surface area contributed by atoms with Gasteiger partial charge in [-0.15, -0.1) is 0 Å². The Bertz CT molecular complexity index is 1080. The fourth-order valence-electron chi connectivity index (χ4n) is 4.22. The lowest BCUT2D eigenvalue weighted by Crippen LogP contribution is -2.38. The molecule has 1 aromatic carbocycles. The lowest BCUT2D eigenvalue weighted by molar-refractivity contribution is 0.0322. The molecule has 0 amide bonds. The Balaban J connectivity index is 1.34. The van der Waals surface area contributed by atoms with Gasteiger partial charge in [-0.1, -0.05) is 6.92 Å². The molecule has 5 rings (SSSR count). The van der Waals surface area contributed by atoms with Gasteiger partial charge in [-0.2, -0.15) is 5.10 Å². The summed E-state index contributed by atoms with van der Waals surface area (Å²) < 4.78 is 13.3. The molecule has 2 aromatic heterocycles. The van der Waals surface area contributed by atoms with Crippen molar-refractivity contribution in [2.75, 3.05) is 39.5 Å². The Kier molecular flexibility index (Phi) is 5.14. The Hall–Kier alpha value is -2.90. The van der Waals surface area contributed by atoms with Crippen molar-refractivity contribution in [3.63, 3.8) is 0 Å². The van der Waals surface area contributed by atoms with Crippen LogP contribution in [0.1, 0.15) is 24.5 Å². The molecule has 0 unspecified atom stereocenters. The molecule has 4 heterocycles. The maximum absolute atomic E-state index is 5.95. The minimum atomic E-state index is 0.681. The Morgan fingerprint density at radius 2 is 1.90 bits per heavy atom. The van der Waals surface area contributed by atoms with Gasteiger partial charge in [0, 0.05) is 43.8 Å². The van der Waals surface area contributed by atoms with Gasteiger partial charge < -0.3 is 9.47 Å². The molecule has 3 aromatic rings. The highest BCUT2D eigenvalue weighted by molar-refractivity contribution is 6.06. The number of pyridine rings is 1. The van der Waals surface area contributed by atoms with Crippen LogP contribution in [0.4, 0.5) is 5.82 Å². The first kappa shape index (κ1) is 19.1. The predicted octanol–water partition coefficient (Wildman–Crippen LogP) is 3.21. The van der Waals surface area contributed by atoms with E-state index < -0.39 is 0 Å². The van der Waals surface area contributed by atoms with Crippen molar-refractivity contribution in [2.45, 2.75) is 13.3 Å². The van der Waals surface area contributed by atoms with Crippen molar-refractivity contribution >= 4 is 28.0 Å². The van der Waals surface area contributed by atoms with Gasteiger partial charge >= 0.3 is 0 Å². The van der Waals surface area contributed by atoms with E-state index in [0.717, 1.165) is 78.6 Å². The molecule has 0 aliphatic carbocycles. The molecule has 0 spiro atoms. The number of nitrogens with zero attached hydrogens (tertiary/aromatic N) is 5. The quantitative estimate of drug-likeness (QED) is 0.631. The van der Waals surface area contributed by atoms with Crippen LogP contribution in [0.3, 0.4) is 0 Å². The van der Waals surface area contributed by atoms with Crippen molar-refractivity contribution in [3.8, 4) is 5.75 Å². The lowest BCUT2D eigenvalue weighted by atomic mass is 10.00. The predicted molar refractivity (Wildman–Crippen MR) is 117 cm³/mol. The first-order valence-corrected chi connectivity index (χ1v) is 10.5. The number of allylic oxidation sites excluding steroid dienone is 1. The van der Waals surface area contributed by atoms with E-state index in [1.807, 2.05) is 36.3 Å². The van der Waals surface area contributed by atoms with Crippen molar-refractivity contribution in [2.24, 2.45) is 7.05 Å². The summed E-state index contributed by atoms with van der Waals surface area (Å²) in [5.74, 6) is 1.66. The third-order valence-electron chi connectivity index (χ3n) is 5.82. The largest absolute Gasteiger partial charge is 0.492 e. The van der Waals surface area contributed by atoms with Gasteiger partial charge in [-0.25, -0.2) is 10.3 Å². The molecule has 7 heteroatoms. The second-order valence-electron chi connectivity index (χ2n) is 7.65. The number of hydrogen-bond acceptors (Lipinski definition) is 5. The Morgan fingerprint density at radius 1 is 1.10 bits per heavy atom.